The Balaban J connectivity index is 1.72. The molecule has 3 aromatic carbocycles. The minimum absolute atomic E-state index is 0.0488. The van der Waals surface area contributed by atoms with Crippen molar-refractivity contribution in [2.24, 2.45) is 0 Å². The SMILES string of the molecule is CSc1ccccc1-c1ccc(N(C=O)C(C)CC(C)NC(=O)Nc2ccc(Cl)cc2F)c(F)c1F. The number of nitrogens with zero attached hydrogens (tertiary/aromatic N) is 1. The number of anilines is 2. The van der Waals surface area contributed by atoms with Crippen LogP contribution in [0.25, 0.3) is 11.1 Å². The van der Waals surface area contributed by atoms with Gasteiger partial charge in [-0.05, 0) is 68.5 Å². The second-order valence-corrected chi connectivity index (χ2v) is 9.47. The quantitative estimate of drug-likeness (QED) is 0.227. The summed E-state index contributed by atoms with van der Waals surface area (Å²) < 4.78 is 44.1. The largest absolute Gasteiger partial charge is 0.335 e. The van der Waals surface area contributed by atoms with Crippen LogP contribution in [0.1, 0.15) is 20.3 Å². The third-order valence-electron chi connectivity index (χ3n) is 5.58. The van der Waals surface area contributed by atoms with Gasteiger partial charge in [-0.25, -0.2) is 18.0 Å². The van der Waals surface area contributed by atoms with E-state index in [4.69, 9.17) is 11.6 Å². The first-order valence-corrected chi connectivity index (χ1v) is 12.6. The summed E-state index contributed by atoms with van der Waals surface area (Å²) in [6.45, 7) is 3.33. The van der Waals surface area contributed by atoms with Crippen molar-refractivity contribution in [3.8, 4) is 11.1 Å². The molecule has 0 radical (unpaired) electrons. The maximum atomic E-state index is 15.1. The van der Waals surface area contributed by atoms with Gasteiger partial charge in [0.15, 0.2) is 11.6 Å². The van der Waals surface area contributed by atoms with Gasteiger partial charge in [0, 0.05) is 27.6 Å². The first-order valence-electron chi connectivity index (χ1n) is 11.0. The fourth-order valence-electron chi connectivity index (χ4n) is 3.87. The summed E-state index contributed by atoms with van der Waals surface area (Å²) >= 11 is 7.13. The topological polar surface area (TPSA) is 61.4 Å². The molecular weight excluding hydrogens is 511 g/mol. The van der Waals surface area contributed by atoms with Crippen LogP contribution in [-0.2, 0) is 4.79 Å². The highest BCUT2D eigenvalue weighted by Crippen LogP contribution is 2.35. The van der Waals surface area contributed by atoms with Crippen molar-refractivity contribution >= 4 is 47.2 Å². The smallest absolute Gasteiger partial charge is 0.319 e. The second kappa shape index (κ2) is 12.2. The Morgan fingerprint density at radius 2 is 1.78 bits per heavy atom. The molecule has 36 heavy (non-hydrogen) atoms. The normalized spacial score (nSPS) is 12.5. The number of carbonyl (C=O) groups is 2. The maximum Gasteiger partial charge on any atom is 0.319 e. The number of carbonyl (C=O) groups excluding carboxylic acids is 2. The van der Waals surface area contributed by atoms with Crippen LogP contribution >= 0.6 is 23.4 Å². The molecule has 0 heterocycles. The molecule has 0 spiro atoms. The van der Waals surface area contributed by atoms with Crippen molar-refractivity contribution in [2.45, 2.75) is 37.2 Å². The molecule has 3 amide bonds. The van der Waals surface area contributed by atoms with E-state index in [-0.39, 0.29) is 28.4 Å². The summed E-state index contributed by atoms with van der Waals surface area (Å²) in [5, 5.41) is 5.22. The van der Waals surface area contributed by atoms with E-state index < -0.39 is 35.6 Å². The highest BCUT2D eigenvalue weighted by molar-refractivity contribution is 7.98. The summed E-state index contributed by atoms with van der Waals surface area (Å²) in [5.74, 6) is -2.88. The first-order chi connectivity index (χ1) is 17.2. The fraction of sp³-hybridized carbons (Fsp3) is 0.231. The first kappa shape index (κ1) is 27.4. The minimum atomic E-state index is -1.14. The zero-order valence-corrected chi connectivity index (χ0v) is 21.4. The molecule has 2 N–H and O–H groups in total. The standard InChI is InChI=1S/C26H25ClF3N3O2S/c1-15(31-26(35)32-21-10-8-17(27)13-20(21)28)12-16(2)33(14-34)22-11-9-19(24(29)25(22)30)18-6-4-5-7-23(18)36-3/h4-11,13-16H,12H2,1-3H3,(H2,31,32,35). The Kier molecular flexibility index (Phi) is 9.28. The van der Waals surface area contributed by atoms with E-state index in [2.05, 4.69) is 10.6 Å². The van der Waals surface area contributed by atoms with Gasteiger partial charge in [-0.1, -0.05) is 29.8 Å². The lowest BCUT2D eigenvalue weighted by Crippen LogP contribution is -2.42. The Morgan fingerprint density at radius 1 is 1.06 bits per heavy atom. The second-order valence-electron chi connectivity index (χ2n) is 8.18. The number of hydrogen-bond donors (Lipinski definition) is 2. The highest BCUT2D eigenvalue weighted by Gasteiger charge is 2.24. The summed E-state index contributed by atoms with van der Waals surface area (Å²) in [7, 11) is 0. The molecule has 190 valence electrons. The molecule has 0 saturated heterocycles. The van der Waals surface area contributed by atoms with Gasteiger partial charge in [-0.3, -0.25) is 4.79 Å². The van der Waals surface area contributed by atoms with Gasteiger partial charge in [-0.15, -0.1) is 11.8 Å². The van der Waals surface area contributed by atoms with Gasteiger partial charge in [0.25, 0.3) is 0 Å². The van der Waals surface area contributed by atoms with Gasteiger partial charge in [0.1, 0.15) is 5.82 Å². The lowest BCUT2D eigenvalue weighted by atomic mass is 10.0. The average Bonchev–Trinajstić information content (AvgIpc) is 2.84. The molecule has 5 nitrogen and oxygen atoms in total. The summed E-state index contributed by atoms with van der Waals surface area (Å²) in [4.78, 5) is 26.0. The molecule has 0 saturated carbocycles. The Morgan fingerprint density at radius 3 is 2.44 bits per heavy atom. The number of nitrogens with one attached hydrogen (secondary N) is 2. The third-order valence-corrected chi connectivity index (χ3v) is 6.61. The van der Waals surface area contributed by atoms with Crippen molar-refractivity contribution in [1.29, 1.82) is 0 Å². The molecule has 2 atom stereocenters. The Bertz CT molecular complexity index is 1260. The molecule has 3 rings (SSSR count). The van der Waals surface area contributed by atoms with Crippen molar-refractivity contribution in [3.05, 3.63) is 77.1 Å². The number of benzene rings is 3. The Labute approximate surface area is 217 Å². The van der Waals surface area contributed by atoms with E-state index in [0.717, 1.165) is 15.9 Å². The van der Waals surface area contributed by atoms with Crippen LogP contribution in [0.4, 0.5) is 29.3 Å². The predicted octanol–water partition coefficient (Wildman–Crippen LogP) is 7.10. The maximum absolute atomic E-state index is 15.1. The monoisotopic (exact) mass is 535 g/mol. The van der Waals surface area contributed by atoms with Gasteiger partial charge in [-0.2, -0.15) is 0 Å². The van der Waals surface area contributed by atoms with E-state index >= 15 is 8.78 Å². The van der Waals surface area contributed by atoms with Gasteiger partial charge >= 0.3 is 6.03 Å². The molecule has 0 fully saturated rings. The molecule has 0 bridgehead atoms. The van der Waals surface area contributed by atoms with Crippen LogP contribution in [-0.4, -0.2) is 30.8 Å². The number of hydrogen-bond acceptors (Lipinski definition) is 3. The number of halogens is 4. The molecular formula is C26H25ClF3N3O2S. The van der Waals surface area contributed by atoms with Crippen molar-refractivity contribution in [2.75, 3.05) is 16.5 Å². The summed E-state index contributed by atoms with van der Waals surface area (Å²) in [6.07, 6.45) is 2.49. The van der Waals surface area contributed by atoms with Crippen LogP contribution in [0.3, 0.4) is 0 Å². The average molecular weight is 536 g/mol. The van der Waals surface area contributed by atoms with E-state index in [9.17, 15) is 14.0 Å². The Hall–Kier alpha value is -3.17. The summed E-state index contributed by atoms with van der Waals surface area (Å²) in [6, 6.07) is 12.0. The van der Waals surface area contributed by atoms with Gasteiger partial charge < -0.3 is 15.5 Å². The molecule has 10 heteroatoms. The van der Waals surface area contributed by atoms with Crippen LogP contribution in [0, 0.1) is 17.5 Å². The van der Waals surface area contributed by atoms with Crippen LogP contribution in [0.5, 0.6) is 0 Å². The van der Waals surface area contributed by atoms with Crippen molar-refractivity contribution < 1.29 is 22.8 Å². The molecule has 0 aliphatic carbocycles. The lowest BCUT2D eigenvalue weighted by Gasteiger charge is -2.28. The van der Waals surface area contributed by atoms with Crippen LogP contribution in [0.2, 0.25) is 5.02 Å². The van der Waals surface area contributed by atoms with Crippen molar-refractivity contribution in [3.63, 3.8) is 0 Å². The zero-order valence-electron chi connectivity index (χ0n) is 19.8. The third kappa shape index (κ3) is 6.33. The number of amides is 3. The van der Waals surface area contributed by atoms with Gasteiger partial charge in [0.05, 0.1) is 11.4 Å². The predicted molar refractivity (Wildman–Crippen MR) is 139 cm³/mol. The molecule has 2 unspecified atom stereocenters. The lowest BCUT2D eigenvalue weighted by molar-refractivity contribution is -0.107. The van der Waals surface area contributed by atoms with Crippen LogP contribution in [0.15, 0.2) is 59.5 Å². The van der Waals surface area contributed by atoms with E-state index in [1.165, 1.54) is 36.0 Å². The molecule has 0 aliphatic rings. The number of rotatable bonds is 9. The van der Waals surface area contributed by atoms with E-state index in [1.54, 1.807) is 26.0 Å². The highest BCUT2D eigenvalue weighted by atomic mass is 35.5. The van der Waals surface area contributed by atoms with Gasteiger partial charge in [0.2, 0.25) is 6.41 Å². The molecule has 0 aromatic heterocycles. The number of urea groups is 1. The van der Waals surface area contributed by atoms with E-state index in [1.807, 2.05) is 18.4 Å². The van der Waals surface area contributed by atoms with Crippen molar-refractivity contribution in [1.82, 2.24) is 5.32 Å². The summed E-state index contributed by atoms with van der Waals surface area (Å²) in [5.41, 5.74) is 0.396. The molecule has 3 aromatic rings. The fourth-order valence-corrected chi connectivity index (χ4v) is 4.64. The van der Waals surface area contributed by atoms with E-state index in [0.29, 0.717) is 12.0 Å². The minimum Gasteiger partial charge on any atom is -0.335 e. The zero-order chi connectivity index (χ0) is 26.4. The molecule has 0 aliphatic heterocycles. The van der Waals surface area contributed by atoms with Crippen LogP contribution < -0.4 is 15.5 Å². The number of thioether (sulfide) groups is 1.